The number of allylic oxidation sites excluding steroid dienone is 1. The van der Waals surface area contributed by atoms with Crippen LogP contribution in [0.4, 0.5) is 30.7 Å². The first kappa shape index (κ1) is 31.1. The molecule has 2 aromatic carbocycles. The summed E-state index contributed by atoms with van der Waals surface area (Å²) in [7, 11) is -3.50. The average Bonchev–Trinajstić information content (AvgIpc) is 2.74. The third kappa shape index (κ3) is 8.71. The predicted molar refractivity (Wildman–Crippen MR) is 128 cm³/mol. The first-order valence-corrected chi connectivity index (χ1v) is 13.3. The van der Waals surface area contributed by atoms with Crippen molar-refractivity contribution in [2.24, 2.45) is 5.92 Å². The summed E-state index contributed by atoms with van der Waals surface area (Å²) < 4.78 is 121. The lowest BCUT2D eigenvalue weighted by atomic mass is 9.93. The van der Waals surface area contributed by atoms with Crippen molar-refractivity contribution in [3.63, 3.8) is 0 Å². The van der Waals surface area contributed by atoms with Crippen LogP contribution in [0.25, 0.3) is 5.83 Å². The van der Waals surface area contributed by atoms with Crippen LogP contribution in [0.1, 0.15) is 53.2 Å². The number of carbonyl (C=O) groups is 1. The zero-order valence-electron chi connectivity index (χ0n) is 19.4. The lowest BCUT2D eigenvalue weighted by Crippen LogP contribution is -2.20. The Hall–Kier alpha value is -2.11. The molecule has 13 heteroatoms. The van der Waals surface area contributed by atoms with Crippen molar-refractivity contribution in [2.45, 2.75) is 38.5 Å². The molecular formula is C24H21Cl2F7O3S. The summed E-state index contributed by atoms with van der Waals surface area (Å²) in [6.45, 7) is 2.77. The van der Waals surface area contributed by atoms with E-state index in [4.69, 9.17) is 23.2 Å². The van der Waals surface area contributed by atoms with E-state index in [-0.39, 0.29) is 27.9 Å². The van der Waals surface area contributed by atoms with Crippen molar-refractivity contribution in [1.29, 1.82) is 0 Å². The maximum atomic E-state index is 14.9. The first-order chi connectivity index (χ1) is 16.8. The highest BCUT2D eigenvalue weighted by molar-refractivity contribution is 7.91. The third-order valence-corrected chi connectivity index (χ3v) is 7.72. The number of sulfone groups is 1. The van der Waals surface area contributed by atoms with Gasteiger partial charge >= 0.3 is 12.4 Å². The lowest BCUT2D eigenvalue weighted by Gasteiger charge is -2.19. The zero-order valence-corrected chi connectivity index (χ0v) is 21.7. The molecule has 0 spiro atoms. The molecule has 0 fully saturated rings. The van der Waals surface area contributed by atoms with Gasteiger partial charge in [-0.2, -0.15) is 26.3 Å². The van der Waals surface area contributed by atoms with Crippen LogP contribution in [0.5, 0.6) is 0 Å². The Labute approximate surface area is 219 Å². The van der Waals surface area contributed by atoms with Gasteiger partial charge in [-0.3, -0.25) is 4.79 Å². The third-order valence-electron chi connectivity index (χ3n) is 5.32. The second kappa shape index (κ2) is 11.7. The van der Waals surface area contributed by atoms with Crippen molar-refractivity contribution in [2.75, 3.05) is 11.5 Å². The van der Waals surface area contributed by atoms with E-state index in [0.29, 0.717) is 6.07 Å². The fourth-order valence-corrected chi connectivity index (χ4v) is 5.35. The molecule has 0 saturated carbocycles. The molecule has 37 heavy (non-hydrogen) atoms. The minimum Gasteiger partial charge on any atom is -0.294 e. The van der Waals surface area contributed by atoms with Gasteiger partial charge in [-0.25, -0.2) is 12.8 Å². The maximum Gasteiger partial charge on any atom is 0.417 e. The van der Waals surface area contributed by atoms with Crippen LogP contribution in [0, 0.1) is 5.92 Å². The van der Waals surface area contributed by atoms with E-state index >= 15 is 0 Å². The van der Waals surface area contributed by atoms with Crippen LogP contribution >= 0.6 is 23.2 Å². The van der Waals surface area contributed by atoms with Crippen molar-refractivity contribution in [3.05, 3.63) is 74.8 Å². The fraction of sp³-hybridized carbons (Fsp3) is 0.375. The molecule has 0 bridgehead atoms. The Bertz CT molecular complexity index is 1270. The molecular weight excluding hydrogens is 572 g/mol. The summed E-state index contributed by atoms with van der Waals surface area (Å²) in [5.41, 5.74) is -3.77. The van der Waals surface area contributed by atoms with E-state index in [0.717, 1.165) is 24.3 Å². The van der Waals surface area contributed by atoms with Crippen LogP contribution in [0.15, 0.2) is 42.5 Å². The zero-order chi connectivity index (χ0) is 28.3. The summed E-state index contributed by atoms with van der Waals surface area (Å²) in [5, 5.41) is -0.317. The number of ketones is 1. The Morgan fingerprint density at radius 1 is 1.00 bits per heavy atom. The van der Waals surface area contributed by atoms with E-state index in [1.165, 1.54) is 13.8 Å². The Kier molecular flexibility index (Phi) is 9.87. The maximum absolute atomic E-state index is 14.9. The molecule has 0 aliphatic carbocycles. The SMILES string of the molecule is CCS(=O)(=O)C[C@@H](C)CC(=O)c1ccc(/C(F)=C/C(c2cc(Cl)cc(Cl)c2)C(F)(F)F)cc1C(F)(F)F. The molecule has 2 rings (SSSR count). The normalized spacial score (nSPS) is 14.9. The largest absolute Gasteiger partial charge is 0.417 e. The molecule has 0 aliphatic heterocycles. The van der Waals surface area contributed by atoms with Gasteiger partial charge < -0.3 is 0 Å². The smallest absolute Gasteiger partial charge is 0.294 e. The highest BCUT2D eigenvalue weighted by Crippen LogP contribution is 2.41. The van der Waals surface area contributed by atoms with Crippen molar-refractivity contribution >= 4 is 44.6 Å². The molecule has 0 aromatic heterocycles. The van der Waals surface area contributed by atoms with Crippen molar-refractivity contribution in [3.8, 4) is 0 Å². The van der Waals surface area contributed by atoms with Crippen LogP contribution in [0.3, 0.4) is 0 Å². The van der Waals surface area contributed by atoms with Gasteiger partial charge in [0.05, 0.1) is 11.3 Å². The number of Topliss-reactive ketones (excluding diaryl/α,β-unsaturated/α-hetero) is 1. The van der Waals surface area contributed by atoms with Crippen molar-refractivity contribution < 1.29 is 43.9 Å². The molecule has 2 atom stereocenters. The van der Waals surface area contributed by atoms with Gasteiger partial charge in [0.1, 0.15) is 21.6 Å². The monoisotopic (exact) mass is 592 g/mol. The number of hydrogen-bond acceptors (Lipinski definition) is 3. The van der Waals surface area contributed by atoms with E-state index in [9.17, 15) is 43.9 Å². The Morgan fingerprint density at radius 2 is 1.57 bits per heavy atom. The topological polar surface area (TPSA) is 51.2 Å². The molecule has 0 amide bonds. The number of halogens is 9. The first-order valence-electron chi connectivity index (χ1n) is 10.7. The Balaban J connectivity index is 2.50. The van der Waals surface area contributed by atoms with Crippen LogP contribution in [-0.2, 0) is 16.0 Å². The molecule has 0 N–H and O–H groups in total. The fourth-order valence-electron chi connectivity index (χ4n) is 3.58. The summed E-state index contributed by atoms with van der Waals surface area (Å²) in [6.07, 6.45) is -10.6. The van der Waals surface area contributed by atoms with E-state index in [1.54, 1.807) is 0 Å². The molecule has 0 saturated heterocycles. The molecule has 3 nitrogen and oxygen atoms in total. The van der Waals surface area contributed by atoms with Gasteiger partial charge in [0, 0.05) is 33.3 Å². The summed E-state index contributed by atoms with van der Waals surface area (Å²) in [4.78, 5) is 12.6. The van der Waals surface area contributed by atoms with Crippen molar-refractivity contribution in [1.82, 2.24) is 0 Å². The molecule has 204 valence electrons. The number of rotatable bonds is 9. The standard InChI is InChI=1S/C24H21Cl2F7O3S/c1-3-37(35,36)12-13(2)6-22(34)18-5-4-14(9-20(18)24(31,32)33)21(27)11-19(23(28,29)30)15-7-16(25)10-17(26)8-15/h4-5,7-11,13,19H,3,6,12H2,1-2H3/b21-11-/t13-,19?/m0/s1. The van der Waals surface area contributed by atoms with Gasteiger partial charge in [-0.1, -0.05) is 49.2 Å². The minimum atomic E-state index is -5.15. The molecule has 0 radical (unpaired) electrons. The second-order valence-corrected chi connectivity index (χ2v) is 11.7. The van der Waals surface area contributed by atoms with E-state index in [1.807, 2.05) is 0 Å². The number of hydrogen-bond donors (Lipinski definition) is 0. The Morgan fingerprint density at radius 3 is 2.05 bits per heavy atom. The van der Waals surface area contributed by atoms with Crippen LogP contribution < -0.4 is 0 Å². The summed E-state index contributed by atoms with van der Waals surface area (Å²) >= 11 is 11.5. The van der Waals surface area contributed by atoms with Gasteiger partial charge in [0.25, 0.3) is 0 Å². The quantitative estimate of drug-likeness (QED) is 0.217. The molecule has 0 aliphatic rings. The summed E-state index contributed by atoms with van der Waals surface area (Å²) in [6, 6.07) is 4.61. The highest BCUT2D eigenvalue weighted by atomic mass is 35.5. The average molecular weight is 593 g/mol. The molecule has 1 unspecified atom stereocenters. The molecule has 0 heterocycles. The van der Waals surface area contributed by atoms with Gasteiger partial charge in [-0.05, 0) is 41.8 Å². The van der Waals surface area contributed by atoms with Crippen LogP contribution in [-0.4, -0.2) is 31.9 Å². The summed E-state index contributed by atoms with van der Waals surface area (Å²) in [5.74, 6) is -6.67. The number of benzene rings is 2. The van der Waals surface area contributed by atoms with Gasteiger partial charge in [0.2, 0.25) is 0 Å². The number of carbonyl (C=O) groups excluding carboxylic acids is 1. The van der Waals surface area contributed by atoms with Gasteiger partial charge in [-0.15, -0.1) is 0 Å². The predicted octanol–water partition coefficient (Wildman–Crippen LogP) is 8.31. The molecule has 2 aromatic rings. The highest BCUT2D eigenvalue weighted by Gasteiger charge is 2.41. The van der Waals surface area contributed by atoms with E-state index < -0.39 is 80.1 Å². The second-order valence-electron chi connectivity index (χ2n) is 8.43. The van der Waals surface area contributed by atoms with Crippen LogP contribution in [0.2, 0.25) is 10.0 Å². The van der Waals surface area contributed by atoms with E-state index in [2.05, 4.69) is 0 Å². The minimum absolute atomic E-state index is 0.0939. The van der Waals surface area contributed by atoms with Gasteiger partial charge in [0.15, 0.2) is 5.78 Å². The lowest BCUT2D eigenvalue weighted by molar-refractivity contribution is -0.140. The number of alkyl halides is 6.